The van der Waals surface area contributed by atoms with Crippen molar-refractivity contribution in [3.8, 4) is 19.5 Å². The Labute approximate surface area is 741 Å². The van der Waals surface area contributed by atoms with Crippen LogP contribution < -0.4 is 0 Å². The number of carbonyl (C=O) groups is 2. The normalized spacial score (nSPS) is 17.2. The van der Waals surface area contributed by atoms with Crippen molar-refractivity contribution in [3.63, 3.8) is 0 Å². The number of fused-ring (bicyclic) bond motifs is 13. The number of rotatable bonds is 54. The molecular weight excluding hydrogens is 1550 g/mol. The number of unbranched alkanes of at least 4 members (excludes halogenated alkanes) is 8. The summed E-state index contributed by atoms with van der Waals surface area (Å²) in [5.74, 6) is 4.72. The monoisotopic (exact) mass is 1700 g/mol. The summed E-state index contributed by atoms with van der Waals surface area (Å²) in [5, 5.41) is 0. The van der Waals surface area contributed by atoms with Crippen molar-refractivity contribution in [1.82, 2.24) is 0 Å². The van der Waals surface area contributed by atoms with Gasteiger partial charge in [0.25, 0.3) is 0 Å². The molecule has 8 unspecified atom stereocenters. The van der Waals surface area contributed by atoms with E-state index in [-0.39, 0.29) is 0 Å². The molecular formula is C110H152O2S6. The average molecular weight is 1700 g/mol. The van der Waals surface area contributed by atoms with Crippen LogP contribution in [-0.2, 0) is 62.2 Å². The Morgan fingerprint density at radius 3 is 0.602 bits per heavy atom. The van der Waals surface area contributed by atoms with Crippen molar-refractivity contribution in [1.29, 1.82) is 0 Å². The van der Waals surface area contributed by atoms with Crippen LogP contribution in [0.4, 0.5) is 0 Å². The van der Waals surface area contributed by atoms with Gasteiger partial charge in [-0.25, -0.2) is 0 Å². The van der Waals surface area contributed by atoms with E-state index in [1.54, 1.807) is 22.7 Å². The highest BCUT2D eigenvalue weighted by Crippen LogP contribution is 2.73. The number of thiophene rings is 6. The molecule has 118 heavy (non-hydrogen) atoms. The first-order valence-corrected chi connectivity index (χ1v) is 53.7. The zero-order chi connectivity index (χ0) is 83.6. The van der Waals surface area contributed by atoms with E-state index < -0.39 is 10.8 Å². The Morgan fingerprint density at radius 2 is 0.424 bits per heavy atom. The smallest absolute Gasteiger partial charge is 0.160 e. The molecule has 0 saturated carbocycles. The van der Waals surface area contributed by atoms with Crippen LogP contribution in [0.25, 0.3) is 47.7 Å². The predicted octanol–water partition coefficient (Wildman–Crippen LogP) is 35.9. The average Bonchev–Trinajstić information content (AvgIpc) is 1.48. The molecule has 0 aliphatic heterocycles. The number of carbonyl (C=O) groups excluding carboxylic acids is 2. The summed E-state index contributed by atoms with van der Waals surface area (Å²) in [5.41, 5.74) is 22.3. The van der Waals surface area contributed by atoms with Gasteiger partial charge in [0.05, 0.1) is 58.9 Å². The van der Waals surface area contributed by atoms with Crippen LogP contribution in [0.5, 0.6) is 0 Å². The molecule has 12 rings (SSSR count). The summed E-state index contributed by atoms with van der Waals surface area (Å²) in [6.07, 6.45) is 50.1. The number of benzene rings is 4. The molecule has 0 N–H and O–H groups in total. The Balaban J connectivity index is 1.31. The van der Waals surface area contributed by atoms with Crippen molar-refractivity contribution in [2.24, 2.45) is 47.3 Å². The van der Waals surface area contributed by atoms with E-state index in [1.807, 2.05) is 22.7 Å². The fourth-order valence-electron chi connectivity index (χ4n) is 21.7. The number of aldehydes is 2. The lowest BCUT2D eigenvalue weighted by Crippen LogP contribution is -2.30. The molecule has 6 aromatic heterocycles. The maximum atomic E-state index is 13.7. The minimum Gasteiger partial charge on any atom is -0.297 e. The van der Waals surface area contributed by atoms with Crippen molar-refractivity contribution in [2.75, 3.05) is 0 Å². The zero-order valence-corrected chi connectivity index (χ0v) is 81.3. The van der Waals surface area contributed by atoms with E-state index in [9.17, 15) is 9.59 Å². The third-order valence-electron chi connectivity index (χ3n) is 28.9. The Morgan fingerprint density at radius 1 is 0.237 bits per heavy atom. The van der Waals surface area contributed by atoms with Crippen molar-refractivity contribution in [3.05, 3.63) is 184 Å². The van der Waals surface area contributed by atoms with Crippen LogP contribution in [0, 0.1) is 47.3 Å². The summed E-state index contributed by atoms with van der Waals surface area (Å²) in [6, 6.07) is 37.9. The van der Waals surface area contributed by atoms with Crippen molar-refractivity contribution < 1.29 is 9.59 Å². The molecule has 0 amide bonds. The lowest BCUT2D eigenvalue weighted by Gasteiger charge is -2.36. The second-order valence-corrected chi connectivity index (χ2v) is 43.7. The summed E-state index contributed by atoms with van der Waals surface area (Å²) in [6.45, 7) is 38.8. The van der Waals surface area contributed by atoms with Crippen LogP contribution in [0.15, 0.2) is 84.9 Å². The SMILES string of the molecule is CCCCC(CC)Cc1cc(CC(CC)CCCC)cc(C2(c3cc(CC(CC)CCCC)cc(CC(CC)CCCC)c3)c3c(sc4cc(C=O)sc34)-c3sc4c5c(sc4c32)-c2sc3cc(C=O)sc3c2C5(c2cc(CC(CC)CCCC)cc(CC(CC)CCCC)c2)c2cc(CC(CC)CCCC)cc(CC(CC)CCCC)c2)c1. The minimum atomic E-state index is -0.740. The minimum absolute atomic E-state index is 0.590. The molecule has 6 heterocycles. The first-order chi connectivity index (χ1) is 57.6. The molecule has 10 aromatic rings. The number of hydrogen-bond acceptors (Lipinski definition) is 8. The van der Waals surface area contributed by atoms with E-state index in [0.29, 0.717) is 47.3 Å². The lowest BCUT2D eigenvalue weighted by atomic mass is 9.65. The highest BCUT2D eigenvalue weighted by Gasteiger charge is 2.57. The van der Waals surface area contributed by atoms with Gasteiger partial charge in [0.1, 0.15) is 0 Å². The third-order valence-corrected chi connectivity index (χ3v) is 36.5. The molecule has 4 aromatic carbocycles. The first kappa shape index (κ1) is 92.4. The topological polar surface area (TPSA) is 34.1 Å². The molecule has 2 aliphatic rings. The second-order valence-electron chi connectivity index (χ2n) is 37.4. The highest BCUT2D eigenvalue weighted by molar-refractivity contribution is 7.37. The summed E-state index contributed by atoms with van der Waals surface area (Å²) in [7, 11) is 0. The van der Waals surface area contributed by atoms with Crippen LogP contribution >= 0.6 is 68.0 Å². The molecule has 0 fully saturated rings. The van der Waals surface area contributed by atoms with Gasteiger partial charge in [0.15, 0.2) is 12.6 Å². The molecule has 0 bridgehead atoms. The Hall–Kier alpha value is -4.80. The second kappa shape index (κ2) is 44.2. The fraction of sp³-hybridized carbons (Fsp3) is 0.600. The van der Waals surface area contributed by atoms with Gasteiger partial charge in [-0.15, -0.1) is 68.0 Å². The summed E-state index contributed by atoms with van der Waals surface area (Å²) in [4.78, 5) is 34.8. The van der Waals surface area contributed by atoms with Gasteiger partial charge in [-0.2, -0.15) is 0 Å². The first-order valence-electron chi connectivity index (χ1n) is 48.8. The van der Waals surface area contributed by atoms with E-state index in [0.717, 1.165) is 73.7 Å². The maximum Gasteiger partial charge on any atom is 0.160 e. The molecule has 8 heteroatoms. The molecule has 0 spiro atoms. The Bertz CT molecular complexity index is 4240. The molecule has 2 aliphatic carbocycles. The standard InChI is InChI=1S/C110H152O2S6/c1-17-33-41-73(25-9)49-81-57-82(50-74(26-10)42-34-18-2)62-89(61-81)109(90-63-83(51-75(27-11)43-35-19-3)58-84(64-90)52-76(28-12)44-36-20-4)97-101-95(69-93(71-111)113-101)115-103(97)105-99(109)107-108(117-105)100-106(118-107)104-98(102-96(116-104)70-94(72-112)114-102)110(100,91-65-85(53-77(29-13)45-37-21-5)59-86(66-91)54-78(30-14)46-38-22-6)92-67-87(55-79(31-15)47-39-23-7)60-88(68-92)56-80(32-16)48-40-24-8/h57-80H,17-56H2,1-16H3. The van der Waals surface area contributed by atoms with Crippen LogP contribution in [0.3, 0.4) is 0 Å². The van der Waals surface area contributed by atoms with Crippen molar-refractivity contribution >= 4 is 109 Å². The summed E-state index contributed by atoms with van der Waals surface area (Å²) < 4.78 is 8.08. The van der Waals surface area contributed by atoms with Crippen molar-refractivity contribution in [2.45, 2.75) is 378 Å². The van der Waals surface area contributed by atoms with Crippen LogP contribution in [0.1, 0.15) is 425 Å². The van der Waals surface area contributed by atoms with Gasteiger partial charge >= 0.3 is 0 Å². The van der Waals surface area contributed by atoms with E-state index in [4.69, 9.17) is 0 Å². The van der Waals surface area contributed by atoms with Gasteiger partial charge in [-0.05, 0) is 178 Å². The molecule has 0 radical (unpaired) electrons. The van der Waals surface area contributed by atoms with E-state index in [2.05, 4.69) is 218 Å². The fourth-order valence-corrected chi connectivity index (χ4v) is 30.2. The van der Waals surface area contributed by atoms with Gasteiger partial charge in [0.2, 0.25) is 0 Å². The highest BCUT2D eigenvalue weighted by atomic mass is 32.1. The molecule has 0 saturated heterocycles. The van der Waals surface area contributed by atoms with Gasteiger partial charge in [0, 0.05) is 31.7 Å². The van der Waals surface area contributed by atoms with Gasteiger partial charge in [-0.1, -0.05) is 389 Å². The molecule has 8 atom stereocenters. The molecule has 640 valence electrons. The van der Waals surface area contributed by atoms with Crippen LogP contribution in [-0.4, -0.2) is 12.6 Å². The molecule has 2 nitrogen and oxygen atoms in total. The zero-order valence-electron chi connectivity index (χ0n) is 76.4. The third kappa shape index (κ3) is 20.1. The van der Waals surface area contributed by atoms with Gasteiger partial charge in [-0.3, -0.25) is 9.59 Å². The van der Waals surface area contributed by atoms with Crippen LogP contribution in [0.2, 0.25) is 0 Å². The summed E-state index contributed by atoms with van der Waals surface area (Å²) >= 11 is 11.9. The maximum absolute atomic E-state index is 13.7. The number of hydrogen-bond donors (Lipinski definition) is 0. The van der Waals surface area contributed by atoms with E-state index >= 15 is 0 Å². The lowest BCUT2D eigenvalue weighted by molar-refractivity contribution is 0.111. The Kier molecular flexibility index (Phi) is 34.6. The van der Waals surface area contributed by atoms with Gasteiger partial charge < -0.3 is 0 Å². The quantitative estimate of drug-likeness (QED) is 0.0356. The largest absolute Gasteiger partial charge is 0.297 e. The van der Waals surface area contributed by atoms with E-state index in [1.165, 1.54) is 342 Å². The predicted molar refractivity (Wildman–Crippen MR) is 528 cm³/mol.